The summed E-state index contributed by atoms with van der Waals surface area (Å²) in [6.45, 7) is 2.92. The van der Waals surface area contributed by atoms with Gasteiger partial charge in [-0.25, -0.2) is 0 Å². The third-order valence-electron chi connectivity index (χ3n) is 2.41. The predicted molar refractivity (Wildman–Crippen MR) is 69.4 cm³/mol. The van der Waals surface area contributed by atoms with Crippen LogP contribution in [0.15, 0.2) is 12.2 Å². The Bertz CT molecular complexity index is 408. The highest BCUT2D eigenvalue weighted by Crippen LogP contribution is 2.18. The molecule has 3 atom stereocenters. The van der Waals surface area contributed by atoms with Crippen molar-refractivity contribution in [2.45, 2.75) is 38.8 Å². The van der Waals surface area contributed by atoms with Crippen LogP contribution in [0.5, 0.6) is 0 Å². The van der Waals surface area contributed by atoms with Gasteiger partial charge in [-0.3, -0.25) is 9.59 Å². The second-order valence-corrected chi connectivity index (χ2v) is 4.13. The van der Waals surface area contributed by atoms with Crippen LogP contribution >= 0.6 is 0 Å². The summed E-state index contributed by atoms with van der Waals surface area (Å²) in [7, 11) is 0. The van der Waals surface area contributed by atoms with E-state index in [9.17, 15) is 9.59 Å². The summed E-state index contributed by atoms with van der Waals surface area (Å²) in [4.78, 5) is 21.9. The molecule has 6 nitrogen and oxygen atoms in total. The van der Waals surface area contributed by atoms with Gasteiger partial charge >= 0.3 is 11.9 Å². The maximum atomic E-state index is 11.0. The molecule has 1 aliphatic rings. The first kappa shape index (κ1) is 16.2. The number of hydrogen-bond donors (Lipinski definition) is 0. The van der Waals surface area contributed by atoms with E-state index in [1.807, 2.05) is 0 Å². The number of esters is 2. The molecule has 0 aliphatic carbocycles. The van der Waals surface area contributed by atoms with Crippen LogP contribution in [0.1, 0.15) is 20.3 Å². The fraction of sp³-hybridized carbons (Fsp3) is 0.571. The highest BCUT2D eigenvalue weighted by atomic mass is 16.7. The van der Waals surface area contributed by atoms with Crippen LogP contribution in [0.4, 0.5) is 0 Å². The van der Waals surface area contributed by atoms with E-state index < -0.39 is 30.4 Å². The Morgan fingerprint density at radius 2 is 2.05 bits per heavy atom. The molecule has 0 radical (unpaired) electrons. The fourth-order valence-corrected chi connectivity index (χ4v) is 1.59. The molecule has 0 bridgehead atoms. The number of rotatable bonds is 6. The lowest BCUT2D eigenvalue weighted by molar-refractivity contribution is -0.196. The van der Waals surface area contributed by atoms with Crippen LogP contribution in [-0.2, 0) is 28.5 Å². The van der Waals surface area contributed by atoms with Gasteiger partial charge in [-0.1, -0.05) is 0 Å². The van der Waals surface area contributed by atoms with Crippen LogP contribution in [0.25, 0.3) is 0 Å². The molecule has 6 heteroatoms. The molecule has 1 unspecified atom stereocenters. The molecule has 1 heterocycles. The third kappa shape index (κ3) is 5.87. The standard InChI is InChI=1S/C14H18O6/c1-4-5-8-17-14-7-6-12(19-11(3)16)13(20-14)9-18-10(2)15/h1,6-7,12-14H,5,8-9H2,2-3H3/t12-,13?,14-/m0/s1. The van der Waals surface area contributed by atoms with Crippen molar-refractivity contribution in [3.63, 3.8) is 0 Å². The Morgan fingerprint density at radius 1 is 1.30 bits per heavy atom. The van der Waals surface area contributed by atoms with Crippen LogP contribution in [0, 0.1) is 12.3 Å². The van der Waals surface area contributed by atoms with Crippen molar-refractivity contribution in [1.82, 2.24) is 0 Å². The minimum atomic E-state index is -0.612. The summed E-state index contributed by atoms with van der Waals surface area (Å²) in [5, 5.41) is 0. The lowest BCUT2D eigenvalue weighted by atomic mass is 10.1. The summed E-state index contributed by atoms with van der Waals surface area (Å²) in [5.74, 6) is 1.57. The van der Waals surface area contributed by atoms with Crippen molar-refractivity contribution in [1.29, 1.82) is 0 Å². The molecule has 1 aliphatic heterocycles. The number of terminal acetylenes is 1. The van der Waals surface area contributed by atoms with Crippen LogP contribution < -0.4 is 0 Å². The van der Waals surface area contributed by atoms with Crippen molar-refractivity contribution in [2.75, 3.05) is 13.2 Å². The topological polar surface area (TPSA) is 71.1 Å². The van der Waals surface area contributed by atoms with Gasteiger partial charge in [0.05, 0.1) is 6.61 Å². The maximum Gasteiger partial charge on any atom is 0.303 e. The fourth-order valence-electron chi connectivity index (χ4n) is 1.59. The van der Waals surface area contributed by atoms with Crippen LogP contribution in [0.2, 0.25) is 0 Å². The van der Waals surface area contributed by atoms with E-state index in [2.05, 4.69) is 5.92 Å². The zero-order valence-corrected chi connectivity index (χ0v) is 11.5. The van der Waals surface area contributed by atoms with Gasteiger partial charge in [0.15, 0.2) is 6.29 Å². The van der Waals surface area contributed by atoms with Crippen molar-refractivity contribution < 1.29 is 28.5 Å². The van der Waals surface area contributed by atoms with Gasteiger partial charge < -0.3 is 18.9 Å². The van der Waals surface area contributed by atoms with E-state index in [1.165, 1.54) is 13.8 Å². The van der Waals surface area contributed by atoms with Crippen LogP contribution in [0.3, 0.4) is 0 Å². The molecule has 0 saturated carbocycles. The molecular formula is C14H18O6. The highest BCUT2D eigenvalue weighted by molar-refractivity contribution is 5.66. The zero-order chi connectivity index (χ0) is 15.0. The SMILES string of the molecule is C#CCCO[C@@H]1C=C[C@H](OC(C)=O)C(COC(C)=O)O1. The molecule has 0 aromatic carbocycles. The second-order valence-electron chi connectivity index (χ2n) is 4.13. The number of carbonyl (C=O) groups excluding carboxylic acids is 2. The van der Waals surface area contributed by atoms with E-state index >= 15 is 0 Å². The van der Waals surface area contributed by atoms with Gasteiger partial charge in [0.2, 0.25) is 0 Å². The summed E-state index contributed by atoms with van der Waals surface area (Å²) in [5.41, 5.74) is 0. The van der Waals surface area contributed by atoms with E-state index in [4.69, 9.17) is 25.4 Å². The first-order chi connectivity index (χ1) is 9.52. The summed E-state index contributed by atoms with van der Waals surface area (Å²) < 4.78 is 20.9. The van der Waals surface area contributed by atoms with Gasteiger partial charge in [0.1, 0.15) is 18.8 Å². The molecule has 0 fully saturated rings. The lowest BCUT2D eigenvalue weighted by Gasteiger charge is -2.31. The minimum absolute atomic E-state index is 0.0212. The molecule has 0 saturated heterocycles. The molecule has 110 valence electrons. The molecule has 1 rings (SSSR count). The quantitative estimate of drug-likeness (QED) is 0.311. The Labute approximate surface area is 118 Å². The second kappa shape index (κ2) is 8.35. The van der Waals surface area contributed by atoms with E-state index in [-0.39, 0.29) is 6.61 Å². The number of ether oxygens (including phenoxy) is 4. The average molecular weight is 282 g/mol. The normalized spacial score (nSPS) is 24.8. The maximum absolute atomic E-state index is 11.0. The van der Waals surface area contributed by atoms with Gasteiger partial charge in [-0.05, 0) is 12.2 Å². The van der Waals surface area contributed by atoms with E-state index in [0.717, 1.165) is 0 Å². The Hall–Kier alpha value is -1.84. The largest absolute Gasteiger partial charge is 0.463 e. The Morgan fingerprint density at radius 3 is 2.65 bits per heavy atom. The first-order valence-corrected chi connectivity index (χ1v) is 6.22. The smallest absolute Gasteiger partial charge is 0.303 e. The lowest BCUT2D eigenvalue weighted by Crippen LogP contribution is -2.42. The molecule has 0 spiro atoms. The number of hydrogen-bond acceptors (Lipinski definition) is 6. The van der Waals surface area contributed by atoms with Gasteiger partial charge in [0.25, 0.3) is 0 Å². The molecule has 0 aromatic heterocycles. The summed E-state index contributed by atoms with van der Waals surface area (Å²) in [6.07, 6.45) is 7.06. The number of carbonyl (C=O) groups is 2. The Balaban J connectivity index is 2.59. The Kier molecular flexibility index (Phi) is 6.77. The average Bonchev–Trinajstić information content (AvgIpc) is 2.38. The first-order valence-electron chi connectivity index (χ1n) is 6.22. The third-order valence-corrected chi connectivity index (χ3v) is 2.41. The van der Waals surface area contributed by atoms with Gasteiger partial charge in [0, 0.05) is 20.3 Å². The molecule has 0 aromatic rings. The molecule has 0 N–H and O–H groups in total. The van der Waals surface area contributed by atoms with Crippen LogP contribution in [-0.4, -0.2) is 43.7 Å². The highest BCUT2D eigenvalue weighted by Gasteiger charge is 2.30. The van der Waals surface area contributed by atoms with E-state index in [0.29, 0.717) is 13.0 Å². The van der Waals surface area contributed by atoms with Gasteiger partial charge in [-0.15, -0.1) is 12.3 Å². The van der Waals surface area contributed by atoms with E-state index in [1.54, 1.807) is 12.2 Å². The predicted octanol–water partition coefficient (Wildman–Crippen LogP) is 0.802. The minimum Gasteiger partial charge on any atom is -0.463 e. The molecular weight excluding hydrogens is 264 g/mol. The van der Waals surface area contributed by atoms with Gasteiger partial charge in [-0.2, -0.15) is 0 Å². The molecule has 20 heavy (non-hydrogen) atoms. The van der Waals surface area contributed by atoms with Crippen molar-refractivity contribution in [2.24, 2.45) is 0 Å². The summed E-state index contributed by atoms with van der Waals surface area (Å²) in [6, 6.07) is 0. The monoisotopic (exact) mass is 282 g/mol. The zero-order valence-electron chi connectivity index (χ0n) is 11.5. The van der Waals surface area contributed by atoms with Crippen molar-refractivity contribution in [3.05, 3.63) is 12.2 Å². The molecule has 0 amide bonds. The summed E-state index contributed by atoms with van der Waals surface area (Å²) >= 11 is 0. The van der Waals surface area contributed by atoms with Crippen molar-refractivity contribution >= 4 is 11.9 Å². The van der Waals surface area contributed by atoms with Crippen molar-refractivity contribution in [3.8, 4) is 12.3 Å².